The Morgan fingerprint density at radius 3 is 2.90 bits per heavy atom. The lowest BCUT2D eigenvalue weighted by Gasteiger charge is -2.09. The van der Waals surface area contributed by atoms with Crippen LogP contribution in [-0.2, 0) is 19.6 Å². The molecular formula is C17H17FNO2+. The van der Waals surface area contributed by atoms with Crippen LogP contribution in [0.1, 0.15) is 23.1 Å². The standard InChI is InChI=1S/C17H17FNO2/c18-16-5-1-3-13(9-16)12-21-17-7-6-15-11-19(20)8-2-4-14(15)10-17/h1,3,5-7,9-10H,2,4,8,11-12H2/q+1. The third kappa shape index (κ3) is 3.45. The molecule has 0 aliphatic carbocycles. The SMILES string of the molecule is O=[N+]1CCCc2cc(OCc3cccc(F)c3)ccc2C1. The van der Waals surface area contributed by atoms with Crippen molar-refractivity contribution in [2.75, 3.05) is 6.54 Å². The molecule has 0 aromatic heterocycles. The Balaban J connectivity index is 1.72. The Kier molecular flexibility index (Phi) is 3.95. The van der Waals surface area contributed by atoms with Gasteiger partial charge in [-0.25, -0.2) is 4.39 Å². The van der Waals surface area contributed by atoms with E-state index < -0.39 is 0 Å². The number of hydrogen-bond donors (Lipinski definition) is 0. The summed E-state index contributed by atoms with van der Waals surface area (Å²) < 4.78 is 19.9. The van der Waals surface area contributed by atoms with E-state index in [-0.39, 0.29) is 5.82 Å². The summed E-state index contributed by atoms with van der Waals surface area (Å²) in [6, 6.07) is 12.2. The number of fused-ring (bicyclic) bond motifs is 1. The van der Waals surface area contributed by atoms with Gasteiger partial charge in [-0.05, 0) is 47.9 Å². The van der Waals surface area contributed by atoms with Gasteiger partial charge in [-0.1, -0.05) is 12.1 Å². The molecular weight excluding hydrogens is 269 g/mol. The molecule has 3 nitrogen and oxygen atoms in total. The molecule has 21 heavy (non-hydrogen) atoms. The number of nitrogens with zero attached hydrogens (tertiary/aromatic N) is 1. The fourth-order valence-electron chi connectivity index (χ4n) is 2.59. The van der Waals surface area contributed by atoms with Crippen molar-refractivity contribution < 1.29 is 13.9 Å². The highest BCUT2D eigenvalue weighted by Gasteiger charge is 2.18. The maximum absolute atomic E-state index is 13.1. The van der Waals surface area contributed by atoms with Crippen LogP contribution in [0.2, 0.25) is 0 Å². The van der Waals surface area contributed by atoms with Gasteiger partial charge in [0.25, 0.3) is 0 Å². The van der Waals surface area contributed by atoms with E-state index in [0.717, 1.165) is 34.5 Å². The molecule has 1 aliphatic heterocycles. The molecule has 108 valence electrons. The first kappa shape index (κ1) is 13.7. The zero-order valence-corrected chi connectivity index (χ0v) is 11.7. The van der Waals surface area contributed by atoms with Crippen LogP contribution in [-0.4, -0.2) is 11.3 Å². The van der Waals surface area contributed by atoms with E-state index in [1.165, 1.54) is 17.7 Å². The summed E-state index contributed by atoms with van der Waals surface area (Å²) in [5.41, 5.74) is 3.04. The van der Waals surface area contributed by atoms with E-state index in [1.54, 1.807) is 6.07 Å². The predicted molar refractivity (Wildman–Crippen MR) is 77.7 cm³/mol. The van der Waals surface area contributed by atoms with Gasteiger partial charge in [-0.3, -0.25) is 0 Å². The molecule has 0 atom stereocenters. The highest BCUT2D eigenvalue weighted by atomic mass is 19.1. The fraction of sp³-hybridized carbons (Fsp3) is 0.294. The van der Waals surface area contributed by atoms with Crippen LogP contribution < -0.4 is 4.74 Å². The van der Waals surface area contributed by atoms with Gasteiger partial charge >= 0.3 is 0 Å². The summed E-state index contributed by atoms with van der Waals surface area (Å²) in [4.78, 5) is 11.5. The van der Waals surface area contributed by atoms with Crippen molar-refractivity contribution in [3.05, 3.63) is 69.9 Å². The average molecular weight is 286 g/mol. The van der Waals surface area contributed by atoms with Crippen molar-refractivity contribution in [1.82, 2.24) is 0 Å². The zero-order valence-electron chi connectivity index (χ0n) is 11.7. The Morgan fingerprint density at radius 2 is 2.05 bits per heavy atom. The zero-order chi connectivity index (χ0) is 14.7. The third-order valence-corrected chi connectivity index (χ3v) is 3.67. The second-order valence-corrected chi connectivity index (χ2v) is 5.32. The lowest BCUT2D eigenvalue weighted by Crippen LogP contribution is -2.06. The van der Waals surface area contributed by atoms with Crippen LogP contribution in [0.4, 0.5) is 4.39 Å². The van der Waals surface area contributed by atoms with Crippen molar-refractivity contribution in [2.45, 2.75) is 26.0 Å². The van der Waals surface area contributed by atoms with Crippen LogP contribution >= 0.6 is 0 Å². The van der Waals surface area contributed by atoms with Crippen molar-refractivity contribution >= 4 is 0 Å². The minimum absolute atomic E-state index is 0.256. The van der Waals surface area contributed by atoms with Gasteiger partial charge in [0.05, 0.1) is 0 Å². The highest BCUT2D eigenvalue weighted by Crippen LogP contribution is 2.23. The van der Waals surface area contributed by atoms with Crippen molar-refractivity contribution in [3.8, 4) is 5.75 Å². The summed E-state index contributed by atoms with van der Waals surface area (Å²) in [6.45, 7) is 1.36. The van der Waals surface area contributed by atoms with Gasteiger partial charge < -0.3 is 4.74 Å². The normalized spacial score (nSPS) is 14.4. The first-order valence-corrected chi connectivity index (χ1v) is 7.12. The van der Waals surface area contributed by atoms with E-state index in [1.807, 2.05) is 24.3 Å². The van der Waals surface area contributed by atoms with Gasteiger partial charge in [-0.15, -0.1) is 0 Å². The predicted octanol–water partition coefficient (Wildman–Crippen LogP) is 3.63. The summed E-state index contributed by atoms with van der Waals surface area (Å²) >= 11 is 0. The number of hydrogen-bond acceptors (Lipinski definition) is 2. The maximum atomic E-state index is 13.1. The molecule has 0 N–H and O–H groups in total. The molecule has 0 bridgehead atoms. The number of nitroso groups, excluding NO2 is 1. The van der Waals surface area contributed by atoms with Crippen LogP contribution in [0, 0.1) is 10.7 Å². The van der Waals surface area contributed by atoms with Crippen molar-refractivity contribution in [1.29, 1.82) is 0 Å². The summed E-state index contributed by atoms with van der Waals surface area (Å²) in [6.07, 6.45) is 1.76. The molecule has 0 amide bonds. The second-order valence-electron chi connectivity index (χ2n) is 5.32. The Labute approximate surface area is 122 Å². The number of aryl methyl sites for hydroxylation is 1. The molecule has 1 aliphatic rings. The smallest absolute Gasteiger partial charge is 0.217 e. The first-order valence-electron chi connectivity index (χ1n) is 7.12. The minimum Gasteiger partial charge on any atom is -0.489 e. The van der Waals surface area contributed by atoms with Crippen LogP contribution in [0.3, 0.4) is 0 Å². The lowest BCUT2D eigenvalue weighted by atomic mass is 10.0. The van der Waals surface area contributed by atoms with E-state index in [9.17, 15) is 9.30 Å². The summed E-state index contributed by atoms with van der Waals surface area (Å²) in [7, 11) is 0. The molecule has 4 heteroatoms. The molecule has 0 radical (unpaired) electrons. The molecule has 0 spiro atoms. The third-order valence-electron chi connectivity index (χ3n) is 3.67. The Hall–Kier alpha value is -2.23. The second kappa shape index (κ2) is 6.04. The molecule has 0 saturated carbocycles. The Bertz CT molecular complexity index is 670. The van der Waals surface area contributed by atoms with E-state index >= 15 is 0 Å². The minimum atomic E-state index is -0.256. The highest BCUT2D eigenvalue weighted by molar-refractivity contribution is 5.36. The average Bonchev–Trinajstić information content (AvgIpc) is 2.65. The van der Waals surface area contributed by atoms with Crippen LogP contribution in [0.5, 0.6) is 5.75 Å². The van der Waals surface area contributed by atoms with E-state index in [2.05, 4.69) is 0 Å². The maximum Gasteiger partial charge on any atom is 0.217 e. The first-order chi connectivity index (χ1) is 10.2. The lowest BCUT2D eigenvalue weighted by molar-refractivity contribution is -0.563. The topological polar surface area (TPSA) is 29.3 Å². The number of benzene rings is 2. The molecule has 0 saturated heterocycles. The van der Waals surface area contributed by atoms with Gasteiger partial charge in [-0.2, -0.15) is 0 Å². The molecule has 2 aromatic rings. The van der Waals surface area contributed by atoms with Gasteiger partial charge in [0, 0.05) is 21.7 Å². The number of halogens is 1. The number of rotatable bonds is 3. The monoisotopic (exact) mass is 286 g/mol. The quantitative estimate of drug-likeness (QED) is 0.806. The van der Waals surface area contributed by atoms with Crippen molar-refractivity contribution in [3.63, 3.8) is 0 Å². The van der Waals surface area contributed by atoms with E-state index in [0.29, 0.717) is 19.7 Å². The number of ether oxygens (including phenoxy) is 1. The van der Waals surface area contributed by atoms with E-state index in [4.69, 9.17) is 4.74 Å². The van der Waals surface area contributed by atoms with Gasteiger partial charge in [0.1, 0.15) is 18.2 Å². The fourth-order valence-corrected chi connectivity index (χ4v) is 2.59. The van der Waals surface area contributed by atoms with Gasteiger partial charge in [0.2, 0.25) is 6.54 Å². The van der Waals surface area contributed by atoms with Gasteiger partial charge in [0.15, 0.2) is 6.54 Å². The summed E-state index contributed by atoms with van der Waals surface area (Å²) in [5, 5.41) is 0. The molecule has 3 rings (SSSR count). The summed E-state index contributed by atoms with van der Waals surface area (Å²) in [5.74, 6) is 0.505. The molecule has 2 aromatic carbocycles. The van der Waals surface area contributed by atoms with Crippen LogP contribution in [0.25, 0.3) is 0 Å². The molecule has 0 fully saturated rings. The Morgan fingerprint density at radius 1 is 1.14 bits per heavy atom. The van der Waals surface area contributed by atoms with Crippen molar-refractivity contribution in [2.24, 2.45) is 0 Å². The molecule has 0 unspecified atom stereocenters. The molecule has 1 heterocycles. The largest absolute Gasteiger partial charge is 0.489 e. The van der Waals surface area contributed by atoms with Crippen LogP contribution in [0.15, 0.2) is 42.5 Å².